The lowest BCUT2D eigenvalue weighted by Gasteiger charge is -2.07. The molecule has 0 spiro atoms. The van der Waals surface area contributed by atoms with Gasteiger partial charge in [0.25, 0.3) is 5.95 Å². The van der Waals surface area contributed by atoms with Crippen LogP contribution >= 0.6 is 23.2 Å². The highest BCUT2D eigenvalue weighted by Gasteiger charge is 2.13. The van der Waals surface area contributed by atoms with Gasteiger partial charge in [0.05, 0.1) is 5.38 Å². The van der Waals surface area contributed by atoms with Crippen LogP contribution in [0.3, 0.4) is 0 Å². The number of rotatable bonds is 6. The Labute approximate surface area is 89.2 Å². The topological polar surface area (TPSA) is 40.5 Å². The zero-order valence-corrected chi connectivity index (χ0v) is 9.28. The zero-order chi connectivity index (χ0) is 10.3. The largest absolute Gasteiger partial charge is 0.480 e. The van der Waals surface area contributed by atoms with E-state index in [4.69, 9.17) is 33.4 Å². The normalized spacial score (nSPS) is 12.5. The molecule has 2 N–H and O–H groups in total. The Kier molecular flexibility index (Phi) is 7.29. The van der Waals surface area contributed by atoms with E-state index in [0.717, 1.165) is 12.8 Å². The maximum atomic E-state index is 8.61. The molecule has 0 heterocycles. The minimum Gasteiger partial charge on any atom is -0.480 e. The molecule has 0 aliphatic heterocycles. The quantitative estimate of drug-likeness (QED) is 0.407. The van der Waals surface area contributed by atoms with Crippen LogP contribution in [-0.4, -0.2) is 15.6 Å². The standard InChI is InChI=1S/C9H16Cl2O2/c1-2-3-4-5-6-7(10)8(11)9(12)13/h7,12-13H,2-6H2,1H3. The van der Waals surface area contributed by atoms with E-state index in [1.807, 2.05) is 0 Å². The van der Waals surface area contributed by atoms with Crippen LogP contribution in [0.4, 0.5) is 0 Å². The Morgan fingerprint density at radius 1 is 1.23 bits per heavy atom. The van der Waals surface area contributed by atoms with Crippen molar-refractivity contribution in [1.29, 1.82) is 0 Å². The highest BCUT2D eigenvalue weighted by molar-refractivity contribution is 6.37. The molecule has 0 radical (unpaired) electrons. The fraction of sp³-hybridized carbons (Fsp3) is 0.778. The summed E-state index contributed by atoms with van der Waals surface area (Å²) in [6.07, 6.45) is 5.10. The Balaban J connectivity index is 3.63. The Bertz CT molecular complexity index is 165. The van der Waals surface area contributed by atoms with Crippen molar-refractivity contribution in [2.75, 3.05) is 0 Å². The fourth-order valence-electron chi connectivity index (χ4n) is 1.02. The van der Waals surface area contributed by atoms with Crippen LogP contribution in [0.15, 0.2) is 11.0 Å². The third-order valence-electron chi connectivity index (χ3n) is 1.80. The van der Waals surface area contributed by atoms with Crippen LogP contribution in [0.25, 0.3) is 0 Å². The van der Waals surface area contributed by atoms with E-state index in [1.54, 1.807) is 0 Å². The minimum atomic E-state index is -0.864. The van der Waals surface area contributed by atoms with E-state index >= 15 is 0 Å². The van der Waals surface area contributed by atoms with E-state index in [9.17, 15) is 0 Å². The molecule has 0 amide bonds. The molecule has 0 bridgehead atoms. The summed E-state index contributed by atoms with van der Waals surface area (Å²) in [6, 6.07) is 0. The van der Waals surface area contributed by atoms with Crippen molar-refractivity contribution in [3.63, 3.8) is 0 Å². The summed E-state index contributed by atoms with van der Waals surface area (Å²) in [5.41, 5.74) is 0. The van der Waals surface area contributed by atoms with E-state index < -0.39 is 11.3 Å². The molecule has 13 heavy (non-hydrogen) atoms. The third kappa shape index (κ3) is 6.05. The molecule has 0 aromatic rings. The lowest BCUT2D eigenvalue weighted by Crippen LogP contribution is -2.01. The van der Waals surface area contributed by atoms with E-state index in [1.165, 1.54) is 12.8 Å². The van der Waals surface area contributed by atoms with Gasteiger partial charge in [-0.1, -0.05) is 44.2 Å². The van der Waals surface area contributed by atoms with E-state index in [0.29, 0.717) is 6.42 Å². The molecule has 0 rings (SSSR count). The van der Waals surface area contributed by atoms with Crippen LogP contribution in [0, 0.1) is 0 Å². The summed E-state index contributed by atoms with van der Waals surface area (Å²) in [5, 5.41) is 16.7. The molecule has 78 valence electrons. The summed E-state index contributed by atoms with van der Waals surface area (Å²) in [7, 11) is 0. The molecule has 2 nitrogen and oxygen atoms in total. The maximum Gasteiger partial charge on any atom is 0.290 e. The second-order valence-corrected chi connectivity index (χ2v) is 3.92. The van der Waals surface area contributed by atoms with Crippen LogP contribution < -0.4 is 0 Å². The first-order chi connectivity index (χ1) is 6.09. The van der Waals surface area contributed by atoms with Gasteiger partial charge in [-0.3, -0.25) is 0 Å². The van der Waals surface area contributed by atoms with Crippen molar-refractivity contribution in [2.45, 2.75) is 44.4 Å². The van der Waals surface area contributed by atoms with Gasteiger partial charge in [-0.05, 0) is 6.42 Å². The van der Waals surface area contributed by atoms with Crippen molar-refractivity contribution >= 4 is 23.2 Å². The zero-order valence-electron chi connectivity index (χ0n) is 7.76. The van der Waals surface area contributed by atoms with Gasteiger partial charge >= 0.3 is 0 Å². The Hall–Kier alpha value is -0.0800. The van der Waals surface area contributed by atoms with E-state index in [-0.39, 0.29) is 5.03 Å². The summed E-state index contributed by atoms with van der Waals surface area (Å²) in [5.74, 6) is -0.864. The first-order valence-electron chi connectivity index (χ1n) is 4.51. The molecule has 0 aliphatic rings. The number of unbranched alkanes of at least 4 members (excludes halogenated alkanes) is 3. The molecule has 0 saturated heterocycles. The number of aliphatic hydroxyl groups is 2. The minimum absolute atomic E-state index is 0.0573. The first-order valence-corrected chi connectivity index (χ1v) is 5.32. The average Bonchev–Trinajstić information content (AvgIpc) is 2.10. The molecule has 1 unspecified atom stereocenters. The van der Waals surface area contributed by atoms with Gasteiger partial charge in [-0.2, -0.15) is 0 Å². The molecule has 4 heteroatoms. The average molecular weight is 227 g/mol. The van der Waals surface area contributed by atoms with Gasteiger partial charge in [0.2, 0.25) is 0 Å². The predicted octanol–water partition coefficient (Wildman–Crippen LogP) is 4.09. The fourth-order valence-corrected chi connectivity index (χ4v) is 1.38. The highest BCUT2D eigenvalue weighted by atomic mass is 35.5. The van der Waals surface area contributed by atoms with E-state index in [2.05, 4.69) is 6.92 Å². The summed E-state index contributed by atoms with van der Waals surface area (Å²) in [6.45, 7) is 2.13. The number of alkyl halides is 1. The Morgan fingerprint density at radius 2 is 1.85 bits per heavy atom. The molecule has 0 aromatic heterocycles. The van der Waals surface area contributed by atoms with Crippen molar-refractivity contribution in [1.82, 2.24) is 0 Å². The monoisotopic (exact) mass is 226 g/mol. The number of hydrogen-bond acceptors (Lipinski definition) is 2. The van der Waals surface area contributed by atoms with Crippen molar-refractivity contribution < 1.29 is 10.2 Å². The first kappa shape index (κ1) is 12.9. The SMILES string of the molecule is CCCCCCC(Cl)C(Cl)=C(O)O. The van der Waals surface area contributed by atoms with Crippen molar-refractivity contribution in [2.24, 2.45) is 0 Å². The van der Waals surface area contributed by atoms with Crippen LogP contribution in [0.2, 0.25) is 0 Å². The summed E-state index contributed by atoms with van der Waals surface area (Å²) in [4.78, 5) is 0. The smallest absolute Gasteiger partial charge is 0.290 e. The molecule has 0 fully saturated rings. The number of allylic oxidation sites excluding steroid dienone is 1. The van der Waals surface area contributed by atoms with Gasteiger partial charge in [0.1, 0.15) is 5.03 Å². The maximum absolute atomic E-state index is 8.61. The molecule has 0 aliphatic carbocycles. The number of hydrogen-bond donors (Lipinski definition) is 2. The Morgan fingerprint density at radius 3 is 2.31 bits per heavy atom. The lowest BCUT2D eigenvalue weighted by molar-refractivity contribution is 0.187. The van der Waals surface area contributed by atoms with Gasteiger partial charge in [0, 0.05) is 0 Å². The van der Waals surface area contributed by atoms with Crippen molar-refractivity contribution in [3.05, 3.63) is 11.0 Å². The number of aliphatic hydroxyl groups excluding tert-OH is 1. The predicted molar refractivity (Wildman–Crippen MR) is 56.5 cm³/mol. The highest BCUT2D eigenvalue weighted by Crippen LogP contribution is 2.22. The van der Waals surface area contributed by atoms with Gasteiger partial charge in [-0.25, -0.2) is 0 Å². The van der Waals surface area contributed by atoms with Gasteiger partial charge < -0.3 is 10.2 Å². The second-order valence-electron chi connectivity index (χ2n) is 2.99. The summed E-state index contributed by atoms with van der Waals surface area (Å²) < 4.78 is 0. The summed E-state index contributed by atoms with van der Waals surface area (Å²) >= 11 is 11.3. The third-order valence-corrected chi connectivity index (χ3v) is 2.78. The number of halogens is 2. The molecule has 1 atom stereocenters. The molecular formula is C9H16Cl2O2. The van der Waals surface area contributed by atoms with Gasteiger partial charge in [0.15, 0.2) is 0 Å². The van der Waals surface area contributed by atoms with Crippen LogP contribution in [0.5, 0.6) is 0 Å². The molecular weight excluding hydrogens is 211 g/mol. The van der Waals surface area contributed by atoms with Crippen molar-refractivity contribution in [3.8, 4) is 0 Å². The second kappa shape index (κ2) is 7.34. The van der Waals surface area contributed by atoms with Crippen LogP contribution in [0.1, 0.15) is 39.0 Å². The molecule has 0 saturated carbocycles. The molecule has 0 aromatic carbocycles. The van der Waals surface area contributed by atoms with Crippen LogP contribution in [-0.2, 0) is 0 Å². The van der Waals surface area contributed by atoms with Gasteiger partial charge in [-0.15, -0.1) is 11.6 Å². The lowest BCUT2D eigenvalue weighted by atomic mass is 10.1.